The van der Waals surface area contributed by atoms with Crippen LogP contribution in [0, 0.1) is 13.8 Å². The summed E-state index contributed by atoms with van der Waals surface area (Å²) in [7, 11) is 0. The maximum atomic E-state index is 6.03. The molecule has 2 fully saturated rings. The Kier molecular flexibility index (Phi) is 7.56. The topological polar surface area (TPSA) is 72.6 Å². The van der Waals surface area contributed by atoms with E-state index in [0.29, 0.717) is 19.0 Å². The van der Waals surface area contributed by atoms with E-state index in [2.05, 4.69) is 25.8 Å². The molecule has 0 saturated carbocycles. The van der Waals surface area contributed by atoms with Crippen LogP contribution in [-0.4, -0.2) is 81.9 Å². The Bertz CT molecular complexity index is 851. The molecular weight excluding hydrogens is 396 g/mol. The van der Waals surface area contributed by atoms with E-state index in [9.17, 15) is 0 Å². The zero-order chi connectivity index (χ0) is 21.5. The third-order valence-corrected chi connectivity index (χ3v) is 5.63. The van der Waals surface area contributed by atoms with Crippen molar-refractivity contribution in [3.05, 3.63) is 41.0 Å². The average Bonchev–Trinajstić information content (AvgIpc) is 3.12. The number of anilines is 1. The maximum Gasteiger partial charge on any atom is 0.215 e. The van der Waals surface area contributed by atoms with Crippen LogP contribution in [0.1, 0.15) is 22.8 Å². The van der Waals surface area contributed by atoms with Crippen LogP contribution >= 0.6 is 0 Å². The second-order valence-corrected chi connectivity index (χ2v) is 7.91. The van der Waals surface area contributed by atoms with Gasteiger partial charge in [0.05, 0.1) is 38.7 Å². The van der Waals surface area contributed by atoms with E-state index in [1.165, 1.54) is 0 Å². The predicted molar refractivity (Wildman–Crippen MR) is 120 cm³/mol. The van der Waals surface area contributed by atoms with Gasteiger partial charge in [0.15, 0.2) is 0 Å². The Morgan fingerprint density at radius 3 is 2.48 bits per heavy atom. The first-order valence-electron chi connectivity index (χ1n) is 11.0. The van der Waals surface area contributed by atoms with Crippen molar-refractivity contribution in [1.82, 2.24) is 9.88 Å². The molecule has 0 amide bonds. The van der Waals surface area contributed by atoms with E-state index in [1.807, 2.05) is 26.0 Å². The lowest BCUT2D eigenvalue weighted by Crippen LogP contribution is -2.38. The van der Waals surface area contributed by atoms with Gasteiger partial charge in [-0.15, -0.1) is 0 Å². The lowest BCUT2D eigenvalue weighted by molar-refractivity contribution is 0.0320. The monoisotopic (exact) mass is 428 g/mol. The predicted octanol–water partition coefficient (Wildman–Crippen LogP) is 2.46. The van der Waals surface area contributed by atoms with Gasteiger partial charge in [-0.3, -0.25) is 9.89 Å². The van der Waals surface area contributed by atoms with Gasteiger partial charge >= 0.3 is 0 Å². The van der Waals surface area contributed by atoms with Crippen LogP contribution in [0.15, 0.2) is 27.6 Å². The van der Waals surface area contributed by atoms with E-state index < -0.39 is 0 Å². The summed E-state index contributed by atoms with van der Waals surface area (Å²) in [5.74, 6) is 2.43. The van der Waals surface area contributed by atoms with Gasteiger partial charge in [-0.2, -0.15) is 0 Å². The summed E-state index contributed by atoms with van der Waals surface area (Å²) in [6.07, 6.45) is 1.80. The second-order valence-electron chi connectivity index (χ2n) is 7.91. The number of aryl methyl sites for hydroxylation is 2. The number of rotatable bonds is 8. The molecule has 0 atom stereocenters. The fraction of sp³-hybridized carbons (Fsp3) is 0.565. The number of nitrogens with zero attached hydrogens (tertiary/aromatic N) is 4. The molecule has 0 bridgehead atoms. The summed E-state index contributed by atoms with van der Waals surface area (Å²) in [5.41, 5.74) is 3.02. The third-order valence-electron chi connectivity index (χ3n) is 5.63. The third kappa shape index (κ3) is 6.29. The summed E-state index contributed by atoms with van der Waals surface area (Å²) in [5, 5.41) is 0. The largest absolute Gasteiger partial charge is 0.476 e. The van der Waals surface area contributed by atoms with Crippen molar-refractivity contribution in [2.75, 3.05) is 70.7 Å². The Morgan fingerprint density at radius 2 is 1.77 bits per heavy atom. The lowest BCUT2D eigenvalue weighted by Gasteiger charge is -2.29. The minimum atomic E-state index is 0.491. The Morgan fingerprint density at radius 1 is 1.03 bits per heavy atom. The van der Waals surface area contributed by atoms with E-state index in [0.717, 1.165) is 87.6 Å². The fourth-order valence-electron chi connectivity index (χ4n) is 3.72. The van der Waals surface area contributed by atoms with Gasteiger partial charge in [0.2, 0.25) is 5.88 Å². The maximum absolute atomic E-state index is 6.03. The molecule has 4 rings (SSSR count). The Labute approximate surface area is 183 Å². The molecular formula is C23H32N4O4. The molecule has 4 heterocycles. The number of aromatic nitrogens is 1. The van der Waals surface area contributed by atoms with Crippen LogP contribution in [0.2, 0.25) is 0 Å². The van der Waals surface area contributed by atoms with E-state index >= 15 is 0 Å². The van der Waals surface area contributed by atoms with Gasteiger partial charge in [-0.25, -0.2) is 4.98 Å². The molecule has 0 unspecified atom stereocenters. The molecule has 0 aliphatic carbocycles. The van der Waals surface area contributed by atoms with Crippen LogP contribution in [-0.2, 0) is 16.0 Å². The Hall–Kier alpha value is -2.42. The van der Waals surface area contributed by atoms with E-state index in [4.69, 9.17) is 18.6 Å². The normalized spacial score (nSPS) is 18.1. The van der Waals surface area contributed by atoms with Gasteiger partial charge in [-0.05, 0) is 31.5 Å². The fourth-order valence-corrected chi connectivity index (χ4v) is 3.72. The minimum Gasteiger partial charge on any atom is -0.476 e. The van der Waals surface area contributed by atoms with Crippen molar-refractivity contribution in [2.45, 2.75) is 20.4 Å². The van der Waals surface area contributed by atoms with Crippen LogP contribution in [0.25, 0.3) is 0 Å². The first kappa shape index (κ1) is 21.8. The molecule has 2 saturated heterocycles. The van der Waals surface area contributed by atoms with Crippen LogP contribution in [0.4, 0.5) is 5.69 Å². The van der Waals surface area contributed by atoms with Crippen molar-refractivity contribution in [3.63, 3.8) is 0 Å². The molecule has 0 spiro atoms. The molecule has 8 nitrogen and oxygen atoms in total. The number of furan rings is 1. The first-order valence-corrected chi connectivity index (χ1v) is 11.0. The second kappa shape index (κ2) is 10.7. The molecule has 0 aromatic carbocycles. The van der Waals surface area contributed by atoms with Crippen molar-refractivity contribution in [1.29, 1.82) is 0 Å². The first-order chi connectivity index (χ1) is 15.2. The van der Waals surface area contributed by atoms with E-state index in [-0.39, 0.29) is 0 Å². The molecule has 0 N–H and O–H groups in total. The van der Waals surface area contributed by atoms with Crippen LogP contribution in [0.5, 0.6) is 5.88 Å². The van der Waals surface area contributed by atoms with Crippen LogP contribution in [0.3, 0.4) is 0 Å². The number of ether oxygens (including phenoxy) is 3. The molecule has 168 valence electrons. The van der Waals surface area contributed by atoms with Crippen LogP contribution < -0.4 is 9.64 Å². The van der Waals surface area contributed by atoms with Gasteiger partial charge < -0.3 is 23.5 Å². The summed E-state index contributed by atoms with van der Waals surface area (Å²) in [6, 6.07) is 6.11. The summed E-state index contributed by atoms with van der Waals surface area (Å²) in [6.45, 7) is 12.6. The highest BCUT2D eigenvalue weighted by molar-refractivity contribution is 5.79. The summed E-state index contributed by atoms with van der Waals surface area (Å²) < 4.78 is 22.7. The molecule has 2 aromatic rings. The van der Waals surface area contributed by atoms with Gasteiger partial charge in [0.1, 0.15) is 18.1 Å². The molecule has 8 heteroatoms. The number of morpholine rings is 2. The molecule has 0 radical (unpaired) electrons. The van der Waals surface area contributed by atoms with Gasteiger partial charge in [0, 0.05) is 50.7 Å². The molecule has 2 aliphatic heterocycles. The number of aliphatic imine (C=N–C) groups is 1. The zero-order valence-corrected chi connectivity index (χ0v) is 18.5. The standard InChI is InChI=1S/C23H32N4O4/c1-18-13-22(31-19(18)2)17-24-16-20-14-21(27-6-10-29-11-7-27)15-23(25-20)30-12-5-26-3-8-28-9-4-26/h13-16H,3-12,17H2,1-2H3. The SMILES string of the molecule is Cc1cc(CN=Cc2cc(N3CCOCC3)cc(OCCN3CCOCC3)n2)oc1C. The Balaban J connectivity index is 1.43. The zero-order valence-electron chi connectivity index (χ0n) is 18.5. The highest BCUT2D eigenvalue weighted by Crippen LogP contribution is 2.22. The van der Waals surface area contributed by atoms with Crippen molar-refractivity contribution in [3.8, 4) is 5.88 Å². The molecule has 2 aliphatic rings. The molecule has 31 heavy (non-hydrogen) atoms. The number of hydrogen-bond donors (Lipinski definition) is 0. The highest BCUT2D eigenvalue weighted by atomic mass is 16.5. The lowest BCUT2D eigenvalue weighted by atomic mass is 10.2. The van der Waals surface area contributed by atoms with Crippen molar-refractivity contribution < 1.29 is 18.6 Å². The van der Waals surface area contributed by atoms with Crippen molar-refractivity contribution >= 4 is 11.9 Å². The van der Waals surface area contributed by atoms with Gasteiger partial charge in [0.25, 0.3) is 0 Å². The number of hydrogen-bond acceptors (Lipinski definition) is 8. The molecule has 2 aromatic heterocycles. The summed E-state index contributed by atoms with van der Waals surface area (Å²) >= 11 is 0. The highest BCUT2D eigenvalue weighted by Gasteiger charge is 2.15. The van der Waals surface area contributed by atoms with Gasteiger partial charge in [-0.1, -0.05) is 0 Å². The quantitative estimate of drug-likeness (QED) is 0.598. The minimum absolute atomic E-state index is 0.491. The summed E-state index contributed by atoms with van der Waals surface area (Å²) in [4.78, 5) is 13.9. The van der Waals surface area contributed by atoms with Crippen molar-refractivity contribution in [2.24, 2.45) is 4.99 Å². The average molecular weight is 429 g/mol. The smallest absolute Gasteiger partial charge is 0.215 e. The number of pyridine rings is 1. The van der Waals surface area contributed by atoms with E-state index in [1.54, 1.807) is 6.21 Å².